The quantitative estimate of drug-likeness (QED) is 0.769. The summed E-state index contributed by atoms with van der Waals surface area (Å²) in [6.45, 7) is 5.92. The first kappa shape index (κ1) is 15.3. The SMILES string of the molecule is COC(=O)C(c1c(C)cc(OC)cc1OC)C(C)C. The summed E-state index contributed by atoms with van der Waals surface area (Å²) in [5.74, 6) is 0.896. The minimum absolute atomic E-state index is 0.119. The van der Waals surface area contributed by atoms with Crippen molar-refractivity contribution in [3.8, 4) is 11.5 Å². The molecule has 0 radical (unpaired) electrons. The Hall–Kier alpha value is -1.71. The van der Waals surface area contributed by atoms with E-state index in [2.05, 4.69) is 0 Å². The molecule has 1 aromatic rings. The molecular weight excluding hydrogens is 244 g/mol. The zero-order valence-electron chi connectivity index (χ0n) is 12.4. The van der Waals surface area contributed by atoms with Crippen LogP contribution in [0.2, 0.25) is 0 Å². The Balaban J connectivity index is 3.41. The second-order valence-corrected chi connectivity index (χ2v) is 4.81. The van der Waals surface area contributed by atoms with Crippen LogP contribution in [0.5, 0.6) is 11.5 Å². The van der Waals surface area contributed by atoms with E-state index in [1.807, 2.05) is 26.8 Å². The number of ether oxygens (including phenoxy) is 3. The van der Waals surface area contributed by atoms with Crippen LogP contribution in [-0.2, 0) is 9.53 Å². The maximum Gasteiger partial charge on any atom is 0.313 e. The largest absolute Gasteiger partial charge is 0.497 e. The molecule has 1 aromatic carbocycles. The molecule has 0 spiro atoms. The summed E-state index contributed by atoms with van der Waals surface area (Å²) in [5, 5.41) is 0. The van der Waals surface area contributed by atoms with E-state index in [9.17, 15) is 4.79 Å². The molecule has 19 heavy (non-hydrogen) atoms. The predicted molar refractivity (Wildman–Crippen MR) is 73.9 cm³/mol. The molecule has 0 amide bonds. The van der Waals surface area contributed by atoms with E-state index in [0.29, 0.717) is 11.5 Å². The molecule has 4 heteroatoms. The fraction of sp³-hybridized carbons (Fsp3) is 0.533. The van der Waals surface area contributed by atoms with Crippen molar-refractivity contribution in [2.24, 2.45) is 5.92 Å². The van der Waals surface area contributed by atoms with E-state index in [-0.39, 0.29) is 17.8 Å². The molecule has 0 aliphatic heterocycles. The van der Waals surface area contributed by atoms with Crippen LogP contribution in [-0.4, -0.2) is 27.3 Å². The lowest BCUT2D eigenvalue weighted by atomic mass is 9.85. The predicted octanol–water partition coefficient (Wildman–Crippen LogP) is 2.92. The van der Waals surface area contributed by atoms with Gasteiger partial charge in [-0.2, -0.15) is 0 Å². The van der Waals surface area contributed by atoms with Crippen molar-refractivity contribution in [1.29, 1.82) is 0 Å². The van der Waals surface area contributed by atoms with Crippen LogP contribution in [0.4, 0.5) is 0 Å². The molecule has 1 atom stereocenters. The van der Waals surface area contributed by atoms with Gasteiger partial charge in [0.25, 0.3) is 0 Å². The molecule has 0 bridgehead atoms. The molecule has 1 unspecified atom stereocenters. The molecule has 1 rings (SSSR count). The molecule has 0 saturated carbocycles. The highest BCUT2D eigenvalue weighted by Gasteiger charge is 2.30. The Morgan fingerprint density at radius 1 is 1.11 bits per heavy atom. The number of aryl methyl sites for hydroxylation is 1. The number of esters is 1. The van der Waals surface area contributed by atoms with Crippen molar-refractivity contribution >= 4 is 5.97 Å². The normalized spacial score (nSPS) is 12.2. The van der Waals surface area contributed by atoms with Crippen molar-refractivity contribution in [1.82, 2.24) is 0 Å². The highest BCUT2D eigenvalue weighted by Crippen LogP contribution is 2.38. The van der Waals surface area contributed by atoms with Gasteiger partial charge in [-0.05, 0) is 24.5 Å². The zero-order valence-corrected chi connectivity index (χ0v) is 12.4. The average Bonchev–Trinajstić information content (AvgIpc) is 2.39. The summed E-state index contributed by atoms with van der Waals surface area (Å²) in [6, 6.07) is 3.69. The molecule has 0 aromatic heterocycles. The third-order valence-corrected chi connectivity index (χ3v) is 3.21. The maximum atomic E-state index is 12.0. The molecule has 0 saturated heterocycles. The number of methoxy groups -OCH3 is 3. The molecule has 0 aliphatic carbocycles. The minimum Gasteiger partial charge on any atom is -0.497 e. The Labute approximate surface area is 114 Å². The van der Waals surface area contributed by atoms with Gasteiger partial charge in [-0.25, -0.2) is 0 Å². The smallest absolute Gasteiger partial charge is 0.313 e. The number of carbonyl (C=O) groups excluding carboxylic acids is 1. The monoisotopic (exact) mass is 266 g/mol. The number of benzene rings is 1. The Morgan fingerprint density at radius 2 is 1.74 bits per heavy atom. The van der Waals surface area contributed by atoms with Gasteiger partial charge >= 0.3 is 5.97 Å². The lowest BCUT2D eigenvalue weighted by molar-refractivity contribution is -0.143. The third kappa shape index (κ3) is 3.19. The van der Waals surface area contributed by atoms with Gasteiger partial charge < -0.3 is 14.2 Å². The molecule has 0 N–H and O–H groups in total. The van der Waals surface area contributed by atoms with Gasteiger partial charge in [-0.15, -0.1) is 0 Å². The molecule has 0 fully saturated rings. The standard InChI is InChI=1S/C15H22O4/c1-9(2)13(15(16)19-6)14-10(3)7-11(17-4)8-12(14)18-5/h7-9,13H,1-6H3. The van der Waals surface area contributed by atoms with Gasteiger partial charge in [0.2, 0.25) is 0 Å². The summed E-state index contributed by atoms with van der Waals surface area (Å²) in [4.78, 5) is 12.0. The fourth-order valence-electron chi connectivity index (χ4n) is 2.27. The summed E-state index contributed by atoms with van der Waals surface area (Å²) < 4.78 is 15.5. The van der Waals surface area contributed by atoms with E-state index >= 15 is 0 Å². The van der Waals surface area contributed by atoms with Crippen LogP contribution in [0.1, 0.15) is 30.9 Å². The Kier molecular flexibility index (Phi) is 5.21. The van der Waals surface area contributed by atoms with Gasteiger partial charge in [-0.3, -0.25) is 4.79 Å². The van der Waals surface area contributed by atoms with E-state index in [1.165, 1.54) is 7.11 Å². The highest BCUT2D eigenvalue weighted by atomic mass is 16.5. The maximum absolute atomic E-state index is 12.0. The minimum atomic E-state index is -0.342. The topological polar surface area (TPSA) is 44.8 Å². The van der Waals surface area contributed by atoms with Gasteiger partial charge in [0.05, 0.1) is 27.2 Å². The fourth-order valence-corrected chi connectivity index (χ4v) is 2.27. The van der Waals surface area contributed by atoms with E-state index in [4.69, 9.17) is 14.2 Å². The van der Waals surface area contributed by atoms with E-state index in [0.717, 1.165) is 11.1 Å². The Bertz CT molecular complexity index is 452. The van der Waals surface area contributed by atoms with Crippen LogP contribution in [0.25, 0.3) is 0 Å². The first-order valence-corrected chi connectivity index (χ1v) is 6.26. The second kappa shape index (κ2) is 6.45. The van der Waals surface area contributed by atoms with Crippen LogP contribution in [0, 0.1) is 12.8 Å². The summed E-state index contributed by atoms with van der Waals surface area (Å²) in [5.41, 5.74) is 1.82. The van der Waals surface area contributed by atoms with Crippen LogP contribution in [0.3, 0.4) is 0 Å². The lowest BCUT2D eigenvalue weighted by Gasteiger charge is -2.23. The zero-order chi connectivity index (χ0) is 14.6. The van der Waals surface area contributed by atoms with Gasteiger partial charge in [0.1, 0.15) is 11.5 Å². The van der Waals surface area contributed by atoms with Crippen LogP contribution in [0.15, 0.2) is 12.1 Å². The van der Waals surface area contributed by atoms with Gasteiger partial charge in [0.15, 0.2) is 0 Å². The molecule has 0 heterocycles. The molecule has 106 valence electrons. The number of hydrogen-bond donors (Lipinski definition) is 0. The molecule has 4 nitrogen and oxygen atoms in total. The average molecular weight is 266 g/mol. The van der Waals surface area contributed by atoms with Gasteiger partial charge in [0, 0.05) is 11.6 Å². The summed E-state index contributed by atoms with van der Waals surface area (Å²) >= 11 is 0. The van der Waals surface area contributed by atoms with Crippen molar-refractivity contribution in [3.63, 3.8) is 0 Å². The van der Waals surface area contributed by atoms with E-state index < -0.39 is 0 Å². The number of hydrogen-bond acceptors (Lipinski definition) is 4. The van der Waals surface area contributed by atoms with Crippen LogP contribution >= 0.6 is 0 Å². The second-order valence-electron chi connectivity index (χ2n) is 4.81. The van der Waals surface area contributed by atoms with E-state index in [1.54, 1.807) is 20.3 Å². The van der Waals surface area contributed by atoms with Gasteiger partial charge in [-0.1, -0.05) is 13.8 Å². The molecular formula is C15H22O4. The lowest BCUT2D eigenvalue weighted by Crippen LogP contribution is -2.21. The number of carbonyl (C=O) groups is 1. The third-order valence-electron chi connectivity index (χ3n) is 3.21. The van der Waals surface area contributed by atoms with Crippen molar-refractivity contribution < 1.29 is 19.0 Å². The molecule has 0 aliphatic rings. The van der Waals surface area contributed by atoms with Crippen molar-refractivity contribution in [2.75, 3.05) is 21.3 Å². The highest BCUT2D eigenvalue weighted by molar-refractivity contribution is 5.80. The number of rotatable bonds is 5. The Morgan fingerprint density at radius 3 is 2.16 bits per heavy atom. The van der Waals surface area contributed by atoms with Crippen LogP contribution < -0.4 is 9.47 Å². The first-order valence-electron chi connectivity index (χ1n) is 6.26. The van der Waals surface area contributed by atoms with Crippen molar-refractivity contribution in [3.05, 3.63) is 23.3 Å². The first-order chi connectivity index (χ1) is 8.96. The summed E-state index contributed by atoms with van der Waals surface area (Å²) in [6.07, 6.45) is 0. The van der Waals surface area contributed by atoms with Crippen molar-refractivity contribution in [2.45, 2.75) is 26.7 Å². The summed E-state index contributed by atoms with van der Waals surface area (Å²) in [7, 11) is 4.60.